The molecule has 0 unspecified atom stereocenters. The smallest absolute Gasteiger partial charge is 0.235 e. The molecule has 0 spiro atoms. The molecule has 0 bridgehead atoms. The van der Waals surface area contributed by atoms with Gasteiger partial charge in [-0.15, -0.1) is 12.4 Å². The fourth-order valence-corrected chi connectivity index (χ4v) is 5.90. The normalized spacial score (nSPS) is 17.0. The lowest BCUT2D eigenvalue weighted by molar-refractivity contribution is 0.217. The number of piperidine rings is 1. The molecule has 13 heteroatoms. The number of aryl methyl sites for hydroxylation is 1. The maximum absolute atomic E-state index is 14.9. The topological polar surface area (TPSA) is 127 Å². The lowest BCUT2D eigenvalue weighted by Gasteiger charge is -2.28. The van der Waals surface area contributed by atoms with Crippen LogP contribution in [-0.2, 0) is 14.8 Å². The van der Waals surface area contributed by atoms with Crippen LogP contribution in [0, 0.1) is 18.7 Å². The van der Waals surface area contributed by atoms with Crippen LogP contribution in [0.2, 0.25) is 0 Å². The van der Waals surface area contributed by atoms with Crippen molar-refractivity contribution in [2.24, 2.45) is 5.92 Å². The van der Waals surface area contributed by atoms with Gasteiger partial charge in [-0.1, -0.05) is 19.1 Å². The number of benzene rings is 2. The summed E-state index contributed by atoms with van der Waals surface area (Å²) < 4.78 is 53.6. The monoisotopic (exact) mass is 616 g/mol. The number of nitrogens with zero attached hydrogens (tertiary/aromatic N) is 3. The Hall–Kier alpha value is -3.58. The predicted octanol–water partition coefficient (Wildman–Crippen LogP) is 5.15. The number of nitrogens with one attached hydrogen (secondary N) is 3. The Morgan fingerprint density at radius 3 is 2.67 bits per heavy atom. The lowest BCUT2D eigenvalue weighted by atomic mass is 9.98. The van der Waals surface area contributed by atoms with E-state index in [1.165, 1.54) is 13.2 Å². The Labute approximate surface area is 250 Å². The van der Waals surface area contributed by atoms with Crippen LogP contribution in [-0.4, -0.2) is 62.0 Å². The minimum absolute atomic E-state index is 0. The van der Waals surface area contributed by atoms with Gasteiger partial charge in [0.15, 0.2) is 0 Å². The Morgan fingerprint density at radius 2 is 1.88 bits per heavy atom. The molecule has 1 aliphatic rings. The van der Waals surface area contributed by atoms with E-state index >= 15 is 0 Å². The number of halogens is 2. The van der Waals surface area contributed by atoms with Gasteiger partial charge in [0.1, 0.15) is 11.6 Å². The highest BCUT2D eigenvalue weighted by Crippen LogP contribution is 2.39. The molecule has 2 aromatic carbocycles. The zero-order chi connectivity index (χ0) is 29.0. The quantitative estimate of drug-likeness (QED) is 0.222. The van der Waals surface area contributed by atoms with Gasteiger partial charge >= 0.3 is 0 Å². The molecule has 0 aliphatic carbocycles. The second kappa shape index (κ2) is 13.6. The van der Waals surface area contributed by atoms with Crippen molar-refractivity contribution in [2.75, 3.05) is 42.6 Å². The molecule has 4 aromatic rings. The van der Waals surface area contributed by atoms with Crippen LogP contribution in [0.1, 0.15) is 18.9 Å². The third kappa shape index (κ3) is 7.24. The summed E-state index contributed by atoms with van der Waals surface area (Å²) in [6.45, 7) is 5.88. The van der Waals surface area contributed by atoms with Crippen molar-refractivity contribution in [1.82, 2.24) is 20.3 Å². The van der Waals surface area contributed by atoms with Gasteiger partial charge in [-0.2, -0.15) is 0 Å². The molecule has 0 saturated carbocycles. The summed E-state index contributed by atoms with van der Waals surface area (Å²) in [5.74, 6) is 0.789. The van der Waals surface area contributed by atoms with E-state index in [4.69, 9.17) is 14.5 Å². The number of rotatable bonds is 10. The van der Waals surface area contributed by atoms with Gasteiger partial charge in [-0.05, 0) is 61.7 Å². The Bertz CT molecular complexity index is 1660. The first-order chi connectivity index (χ1) is 19.7. The van der Waals surface area contributed by atoms with Crippen molar-refractivity contribution in [1.29, 1.82) is 0 Å². The van der Waals surface area contributed by atoms with E-state index < -0.39 is 15.8 Å². The number of hydrogen-bond acceptors (Lipinski definition) is 9. The minimum atomic E-state index is -3.85. The van der Waals surface area contributed by atoms with Crippen LogP contribution in [0.25, 0.3) is 22.0 Å². The molecule has 1 aliphatic heterocycles. The molecule has 5 rings (SSSR count). The molecule has 1 fully saturated rings. The number of ether oxygens (including phenoxy) is 2. The molecule has 0 amide bonds. The average molecular weight is 617 g/mol. The van der Waals surface area contributed by atoms with E-state index in [0.717, 1.165) is 25.1 Å². The van der Waals surface area contributed by atoms with E-state index in [9.17, 15) is 12.8 Å². The number of pyridine rings is 1. The molecule has 1 saturated heterocycles. The summed E-state index contributed by atoms with van der Waals surface area (Å²) >= 11 is 0. The zero-order valence-corrected chi connectivity index (χ0v) is 25.2. The number of hydrogen-bond donors (Lipinski definition) is 3. The summed E-state index contributed by atoms with van der Waals surface area (Å²) in [7, 11) is -2.44. The number of aromatic nitrogens is 3. The summed E-state index contributed by atoms with van der Waals surface area (Å²) in [4.78, 5) is 13.6. The van der Waals surface area contributed by atoms with Crippen LogP contribution in [0.5, 0.6) is 11.6 Å². The highest BCUT2D eigenvalue weighted by molar-refractivity contribution is 7.92. The van der Waals surface area contributed by atoms with E-state index in [0.29, 0.717) is 45.5 Å². The third-order valence-electron chi connectivity index (χ3n) is 6.92. The Kier molecular flexibility index (Phi) is 10.2. The van der Waals surface area contributed by atoms with Crippen molar-refractivity contribution in [3.63, 3.8) is 0 Å². The lowest BCUT2D eigenvalue weighted by Crippen LogP contribution is -2.42. The van der Waals surface area contributed by atoms with Crippen molar-refractivity contribution in [3.8, 4) is 22.9 Å². The highest BCUT2D eigenvalue weighted by atomic mass is 35.5. The molecule has 0 radical (unpaired) electrons. The van der Waals surface area contributed by atoms with Crippen molar-refractivity contribution in [2.45, 2.75) is 26.3 Å². The summed E-state index contributed by atoms with van der Waals surface area (Å²) in [5, 5.41) is 7.72. The minimum Gasteiger partial charge on any atom is -0.437 e. The fourth-order valence-electron chi connectivity index (χ4n) is 4.89. The number of anilines is 2. The van der Waals surface area contributed by atoms with Crippen molar-refractivity contribution in [3.05, 3.63) is 66.2 Å². The number of fused-ring (bicyclic) bond motifs is 1. The first kappa shape index (κ1) is 31.4. The van der Waals surface area contributed by atoms with E-state index in [1.807, 2.05) is 13.0 Å². The molecule has 3 heterocycles. The predicted molar refractivity (Wildman–Crippen MR) is 165 cm³/mol. The third-order valence-corrected chi connectivity index (χ3v) is 8.14. The van der Waals surface area contributed by atoms with Crippen LogP contribution in [0.4, 0.5) is 16.0 Å². The SMILES string of the molecule is COCCS(=O)(=O)Nc1c(F)ccc2c(Oc3ncccc3-c3ccnc(N[C@@H]4CNC[C@H](C)C4)n3)c(C)ccc12.Cl. The molecule has 2 aromatic heterocycles. The van der Waals surface area contributed by atoms with Gasteiger partial charge in [-0.25, -0.2) is 27.8 Å². The Balaban J connectivity index is 0.00000405. The molecule has 42 heavy (non-hydrogen) atoms. The van der Waals surface area contributed by atoms with E-state index in [1.54, 1.807) is 42.7 Å². The first-order valence-electron chi connectivity index (χ1n) is 13.4. The van der Waals surface area contributed by atoms with Gasteiger partial charge in [0, 0.05) is 42.9 Å². The van der Waals surface area contributed by atoms with Gasteiger partial charge in [0.25, 0.3) is 0 Å². The number of sulfonamides is 1. The van der Waals surface area contributed by atoms with Gasteiger partial charge in [0.05, 0.1) is 29.3 Å². The van der Waals surface area contributed by atoms with Crippen LogP contribution >= 0.6 is 12.4 Å². The average Bonchev–Trinajstić information content (AvgIpc) is 2.95. The van der Waals surface area contributed by atoms with Gasteiger partial charge in [0.2, 0.25) is 21.9 Å². The standard InChI is InChI=1S/C29H33FN6O4S.ClH/c1-18-15-20(17-31-16-18)34-29-33-12-10-25(35-29)23-5-4-11-32-28(23)40-27-19(2)6-7-21-22(27)8-9-24(30)26(21)36-41(37,38)14-13-39-3;/h4-12,18,20,31,36H,13-17H2,1-3H3,(H,33,34,35);1H/t18-,20+;/m1./s1. The van der Waals surface area contributed by atoms with Crippen LogP contribution in [0.15, 0.2) is 54.9 Å². The Morgan fingerprint density at radius 1 is 1.07 bits per heavy atom. The summed E-state index contributed by atoms with van der Waals surface area (Å²) in [5.41, 5.74) is 1.88. The van der Waals surface area contributed by atoms with Crippen molar-refractivity contribution >= 4 is 44.8 Å². The fraction of sp³-hybridized carbons (Fsp3) is 0.345. The van der Waals surface area contributed by atoms with Crippen molar-refractivity contribution < 1.29 is 22.3 Å². The first-order valence-corrected chi connectivity index (χ1v) is 15.0. The zero-order valence-electron chi connectivity index (χ0n) is 23.6. The van der Waals surface area contributed by atoms with E-state index in [2.05, 4.69) is 32.2 Å². The maximum Gasteiger partial charge on any atom is 0.235 e. The largest absolute Gasteiger partial charge is 0.437 e. The molecular formula is C29H34ClFN6O4S. The molecule has 224 valence electrons. The highest BCUT2D eigenvalue weighted by Gasteiger charge is 2.21. The van der Waals surface area contributed by atoms with E-state index in [-0.39, 0.29) is 36.5 Å². The molecular weight excluding hydrogens is 583 g/mol. The molecule has 10 nitrogen and oxygen atoms in total. The van der Waals surface area contributed by atoms with Gasteiger partial charge < -0.3 is 20.1 Å². The maximum atomic E-state index is 14.9. The second-order valence-electron chi connectivity index (χ2n) is 10.2. The summed E-state index contributed by atoms with van der Waals surface area (Å²) in [6.07, 6.45) is 4.33. The van der Waals surface area contributed by atoms with Crippen LogP contribution < -0.4 is 20.1 Å². The second-order valence-corrected chi connectivity index (χ2v) is 12.0. The summed E-state index contributed by atoms with van der Waals surface area (Å²) in [6, 6.07) is 11.8. The number of methoxy groups -OCH3 is 1. The molecule has 2 atom stereocenters. The van der Waals surface area contributed by atoms with Gasteiger partial charge in [-0.3, -0.25) is 4.72 Å². The van der Waals surface area contributed by atoms with Crippen LogP contribution in [0.3, 0.4) is 0 Å². The molecule has 3 N–H and O–H groups in total.